The monoisotopic (exact) mass is 332 g/mol. The van der Waals surface area contributed by atoms with Crippen molar-refractivity contribution < 1.29 is 4.79 Å². The van der Waals surface area contributed by atoms with Crippen LogP contribution in [-0.2, 0) is 17.8 Å². The van der Waals surface area contributed by atoms with Crippen LogP contribution in [0.3, 0.4) is 0 Å². The highest BCUT2D eigenvalue weighted by Gasteiger charge is 2.18. The van der Waals surface area contributed by atoms with Crippen LogP contribution < -0.4 is 5.32 Å². The molecule has 0 aromatic carbocycles. The Kier molecular flexibility index (Phi) is 4.65. The number of carbonyl (C=O) groups is 1. The van der Waals surface area contributed by atoms with Crippen LogP contribution in [0.15, 0.2) is 40.9 Å². The van der Waals surface area contributed by atoms with E-state index in [0.717, 1.165) is 17.1 Å². The summed E-state index contributed by atoms with van der Waals surface area (Å²) < 4.78 is 1.75. The zero-order valence-electron chi connectivity index (χ0n) is 12.1. The zero-order valence-corrected chi connectivity index (χ0v) is 13.7. The predicted octanol–water partition coefficient (Wildman–Crippen LogP) is 2.81. The second-order valence-electron chi connectivity index (χ2n) is 5.02. The first-order valence-electron chi connectivity index (χ1n) is 6.89. The van der Waals surface area contributed by atoms with Crippen molar-refractivity contribution in [3.05, 3.63) is 57.2 Å². The van der Waals surface area contributed by atoms with E-state index < -0.39 is 0 Å². The SMILES string of the molecule is Cc1csc([C@H](Cc2ccsc2)NC(=O)Cn2ccnc2)n1. The molecule has 1 amide bonds. The van der Waals surface area contributed by atoms with Gasteiger partial charge in [-0.1, -0.05) is 0 Å². The summed E-state index contributed by atoms with van der Waals surface area (Å²) in [4.78, 5) is 20.7. The van der Waals surface area contributed by atoms with Crippen molar-refractivity contribution in [1.29, 1.82) is 0 Å². The van der Waals surface area contributed by atoms with E-state index in [9.17, 15) is 4.79 Å². The summed E-state index contributed by atoms with van der Waals surface area (Å²) in [6.07, 6.45) is 5.84. The number of imidazole rings is 1. The smallest absolute Gasteiger partial charge is 0.240 e. The van der Waals surface area contributed by atoms with E-state index in [1.807, 2.05) is 17.7 Å². The number of carbonyl (C=O) groups excluding carboxylic acids is 1. The Hall–Kier alpha value is -1.99. The lowest BCUT2D eigenvalue weighted by molar-refractivity contribution is -0.122. The van der Waals surface area contributed by atoms with Crippen LogP contribution in [0.2, 0.25) is 0 Å². The quantitative estimate of drug-likeness (QED) is 0.755. The fraction of sp³-hybridized carbons (Fsp3) is 0.267. The number of amides is 1. The van der Waals surface area contributed by atoms with Crippen LogP contribution in [0.1, 0.15) is 22.3 Å². The molecule has 7 heteroatoms. The van der Waals surface area contributed by atoms with Crippen molar-refractivity contribution in [2.24, 2.45) is 0 Å². The minimum Gasteiger partial charge on any atom is -0.345 e. The van der Waals surface area contributed by atoms with Gasteiger partial charge in [-0.3, -0.25) is 4.79 Å². The van der Waals surface area contributed by atoms with Crippen molar-refractivity contribution in [1.82, 2.24) is 19.9 Å². The van der Waals surface area contributed by atoms with Gasteiger partial charge in [0.15, 0.2) is 0 Å². The van der Waals surface area contributed by atoms with Gasteiger partial charge in [-0.15, -0.1) is 11.3 Å². The Bertz CT molecular complexity index is 719. The van der Waals surface area contributed by atoms with Crippen molar-refractivity contribution >= 4 is 28.6 Å². The van der Waals surface area contributed by atoms with Crippen LogP contribution in [-0.4, -0.2) is 20.4 Å². The third kappa shape index (κ3) is 3.80. The molecule has 0 saturated heterocycles. The van der Waals surface area contributed by atoms with Gasteiger partial charge in [0.2, 0.25) is 5.91 Å². The van der Waals surface area contributed by atoms with Gasteiger partial charge in [0.05, 0.1) is 12.4 Å². The first kappa shape index (κ1) is 14.9. The Labute approximate surface area is 136 Å². The van der Waals surface area contributed by atoms with Gasteiger partial charge in [0.25, 0.3) is 0 Å². The number of thiazole rings is 1. The van der Waals surface area contributed by atoms with E-state index in [1.54, 1.807) is 46.0 Å². The maximum absolute atomic E-state index is 12.2. The highest BCUT2D eigenvalue weighted by atomic mass is 32.1. The number of nitrogens with one attached hydrogen (secondary N) is 1. The normalized spacial score (nSPS) is 12.2. The van der Waals surface area contributed by atoms with Gasteiger partial charge in [-0.2, -0.15) is 11.3 Å². The highest BCUT2D eigenvalue weighted by Crippen LogP contribution is 2.23. The molecule has 0 saturated carbocycles. The van der Waals surface area contributed by atoms with Crippen molar-refractivity contribution in [3.63, 3.8) is 0 Å². The van der Waals surface area contributed by atoms with E-state index in [4.69, 9.17) is 0 Å². The molecule has 0 aliphatic heterocycles. The Balaban J connectivity index is 1.71. The summed E-state index contributed by atoms with van der Waals surface area (Å²) in [6, 6.07) is 1.99. The number of rotatable bonds is 6. The average molecular weight is 332 g/mol. The lowest BCUT2D eigenvalue weighted by Crippen LogP contribution is -2.32. The van der Waals surface area contributed by atoms with Gasteiger partial charge in [-0.05, 0) is 29.3 Å². The topological polar surface area (TPSA) is 59.8 Å². The second kappa shape index (κ2) is 6.85. The second-order valence-corrected chi connectivity index (χ2v) is 6.69. The maximum Gasteiger partial charge on any atom is 0.240 e. The van der Waals surface area contributed by atoms with Gasteiger partial charge in [-0.25, -0.2) is 9.97 Å². The summed E-state index contributed by atoms with van der Waals surface area (Å²) in [5.74, 6) is -0.0360. The third-order valence-electron chi connectivity index (χ3n) is 3.18. The van der Waals surface area contributed by atoms with Crippen molar-refractivity contribution in [3.8, 4) is 0 Å². The lowest BCUT2D eigenvalue weighted by Gasteiger charge is -2.16. The van der Waals surface area contributed by atoms with Gasteiger partial charge in [0.1, 0.15) is 11.6 Å². The third-order valence-corrected chi connectivity index (χ3v) is 4.98. The molecule has 1 N–H and O–H groups in total. The number of aryl methyl sites for hydroxylation is 1. The van der Waals surface area contributed by atoms with Crippen LogP contribution in [0, 0.1) is 6.92 Å². The average Bonchev–Trinajstić information content (AvgIpc) is 3.20. The molecule has 5 nitrogen and oxygen atoms in total. The molecule has 0 radical (unpaired) electrons. The van der Waals surface area contributed by atoms with Crippen molar-refractivity contribution in [2.45, 2.75) is 25.9 Å². The number of thiophene rings is 1. The number of aromatic nitrogens is 3. The summed E-state index contributed by atoms with van der Waals surface area (Å²) in [7, 11) is 0. The van der Waals surface area contributed by atoms with Gasteiger partial charge < -0.3 is 9.88 Å². The fourth-order valence-corrected chi connectivity index (χ4v) is 3.69. The molecule has 0 aliphatic carbocycles. The molecule has 3 aromatic heterocycles. The summed E-state index contributed by atoms with van der Waals surface area (Å²) >= 11 is 3.25. The molecule has 0 aliphatic rings. The highest BCUT2D eigenvalue weighted by molar-refractivity contribution is 7.09. The summed E-state index contributed by atoms with van der Waals surface area (Å²) in [5, 5.41) is 10.2. The molecule has 3 heterocycles. The Morgan fingerprint density at radius 1 is 1.45 bits per heavy atom. The van der Waals surface area contributed by atoms with Crippen LogP contribution in [0.5, 0.6) is 0 Å². The minimum atomic E-state index is -0.0932. The van der Waals surface area contributed by atoms with E-state index in [2.05, 4.69) is 26.7 Å². The van der Waals surface area contributed by atoms with Gasteiger partial charge in [0, 0.05) is 29.9 Å². The molecule has 0 spiro atoms. The van der Waals surface area contributed by atoms with E-state index in [-0.39, 0.29) is 18.5 Å². The Morgan fingerprint density at radius 3 is 3.00 bits per heavy atom. The number of hydrogen-bond donors (Lipinski definition) is 1. The van der Waals surface area contributed by atoms with Crippen LogP contribution >= 0.6 is 22.7 Å². The first-order chi connectivity index (χ1) is 10.7. The zero-order chi connectivity index (χ0) is 15.4. The van der Waals surface area contributed by atoms with Crippen LogP contribution in [0.25, 0.3) is 0 Å². The molecule has 0 unspecified atom stereocenters. The first-order valence-corrected chi connectivity index (χ1v) is 8.71. The summed E-state index contributed by atoms with van der Waals surface area (Å²) in [6.45, 7) is 2.24. The molecule has 3 aromatic rings. The molecular formula is C15H16N4OS2. The lowest BCUT2D eigenvalue weighted by atomic mass is 10.1. The van der Waals surface area contributed by atoms with E-state index in [1.165, 1.54) is 5.56 Å². The fourth-order valence-electron chi connectivity index (χ4n) is 2.16. The van der Waals surface area contributed by atoms with E-state index in [0.29, 0.717) is 0 Å². The molecule has 3 rings (SSSR count). The maximum atomic E-state index is 12.2. The molecule has 0 bridgehead atoms. The predicted molar refractivity (Wildman–Crippen MR) is 88.0 cm³/mol. The van der Waals surface area contributed by atoms with Crippen LogP contribution in [0.4, 0.5) is 0 Å². The number of hydrogen-bond acceptors (Lipinski definition) is 5. The van der Waals surface area contributed by atoms with E-state index >= 15 is 0 Å². The summed E-state index contributed by atoms with van der Waals surface area (Å²) in [5.41, 5.74) is 2.20. The molecular weight excluding hydrogens is 316 g/mol. The van der Waals surface area contributed by atoms with Crippen molar-refractivity contribution in [2.75, 3.05) is 0 Å². The minimum absolute atomic E-state index is 0.0360. The molecule has 114 valence electrons. The number of nitrogens with zero attached hydrogens (tertiary/aromatic N) is 3. The van der Waals surface area contributed by atoms with Gasteiger partial charge >= 0.3 is 0 Å². The molecule has 0 fully saturated rings. The standard InChI is InChI=1S/C15H16N4OS2/c1-11-8-22-15(17-11)13(6-12-2-5-21-9-12)18-14(20)7-19-4-3-16-10-19/h2-5,8-10,13H,6-7H2,1H3,(H,18,20)/t13-/m0/s1. The Morgan fingerprint density at radius 2 is 2.36 bits per heavy atom. The molecule has 22 heavy (non-hydrogen) atoms. The molecule has 1 atom stereocenters. The largest absolute Gasteiger partial charge is 0.345 e.